The summed E-state index contributed by atoms with van der Waals surface area (Å²) in [5.41, 5.74) is 1.88. The van der Waals surface area contributed by atoms with E-state index >= 15 is 0 Å². The van der Waals surface area contributed by atoms with E-state index in [2.05, 4.69) is 20.1 Å². The summed E-state index contributed by atoms with van der Waals surface area (Å²) in [6, 6.07) is 7.89. The second-order valence-electron chi connectivity index (χ2n) is 5.04. The van der Waals surface area contributed by atoms with Gasteiger partial charge in [0, 0.05) is 36.0 Å². The molecular weight excluding hydrogens is 268 g/mol. The molecule has 106 valence electrons. The Morgan fingerprint density at radius 3 is 3.00 bits per heavy atom. The van der Waals surface area contributed by atoms with Crippen LogP contribution < -0.4 is 0 Å². The number of aromatic nitrogens is 4. The van der Waals surface area contributed by atoms with E-state index in [1.54, 1.807) is 12.4 Å². The van der Waals surface area contributed by atoms with Crippen molar-refractivity contribution in [2.45, 2.75) is 12.3 Å². The van der Waals surface area contributed by atoms with E-state index in [1.165, 1.54) is 0 Å². The molecule has 1 saturated heterocycles. The highest BCUT2D eigenvalue weighted by atomic mass is 16.5. The van der Waals surface area contributed by atoms with Crippen LogP contribution in [0.3, 0.4) is 0 Å². The highest BCUT2D eigenvalue weighted by Gasteiger charge is 2.23. The van der Waals surface area contributed by atoms with Crippen molar-refractivity contribution < 1.29 is 9.26 Å². The molecule has 0 unspecified atom stereocenters. The van der Waals surface area contributed by atoms with E-state index in [-0.39, 0.29) is 5.92 Å². The topological polar surface area (TPSA) is 76.8 Å². The van der Waals surface area contributed by atoms with Crippen LogP contribution in [0, 0.1) is 0 Å². The van der Waals surface area contributed by atoms with Gasteiger partial charge in [0.2, 0.25) is 0 Å². The van der Waals surface area contributed by atoms with Gasteiger partial charge in [-0.2, -0.15) is 4.98 Å². The second-order valence-corrected chi connectivity index (χ2v) is 5.04. The predicted molar refractivity (Wildman–Crippen MR) is 75.5 cm³/mol. The Morgan fingerprint density at radius 1 is 1.24 bits per heavy atom. The molecule has 1 aliphatic rings. The summed E-state index contributed by atoms with van der Waals surface area (Å²) in [5, 5.41) is 4.08. The first-order valence-corrected chi connectivity index (χ1v) is 6.92. The molecule has 1 aliphatic heterocycles. The monoisotopic (exact) mass is 282 g/mol. The van der Waals surface area contributed by atoms with Gasteiger partial charge >= 0.3 is 0 Å². The fourth-order valence-corrected chi connectivity index (χ4v) is 2.48. The van der Waals surface area contributed by atoms with Crippen molar-refractivity contribution in [2.24, 2.45) is 0 Å². The van der Waals surface area contributed by atoms with Gasteiger partial charge in [-0.25, -0.2) is 4.98 Å². The standard InChI is InChI=1S/C15H14N4O2/c1-2-10(13-16-5-6-17-13)8-11(3-1)15-18-14(19-21-15)12-4-7-20-9-12/h1-3,5-6,8,12H,4,7,9H2,(H,16,17)/t12-/m0/s1. The molecule has 3 heterocycles. The maximum atomic E-state index is 5.39. The number of imidazole rings is 1. The minimum atomic E-state index is 0.246. The van der Waals surface area contributed by atoms with E-state index in [0.717, 1.165) is 35.8 Å². The minimum absolute atomic E-state index is 0.246. The second kappa shape index (κ2) is 5.14. The Labute approximate surface area is 121 Å². The number of aromatic amines is 1. The first kappa shape index (κ1) is 12.3. The lowest BCUT2D eigenvalue weighted by molar-refractivity contribution is 0.192. The quantitative estimate of drug-likeness (QED) is 0.799. The fraction of sp³-hybridized carbons (Fsp3) is 0.267. The van der Waals surface area contributed by atoms with E-state index in [4.69, 9.17) is 9.26 Å². The molecule has 0 radical (unpaired) electrons. The lowest BCUT2D eigenvalue weighted by atomic mass is 10.1. The number of benzene rings is 1. The molecule has 1 atom stereocenters. The van der Waals surface area contributed by atoms with Gasteiger partial charge in [0.1, 0.15) is 5.82 Å². The van der Waals surface area contributed by atoms with Crippen molar-refractivity contribution >= 4 is 0 Å². The van der Waals surface area contributed by atoms with E-state index < -0.39 is 0 Å². The summed E-state index contributed by atoms with van der Waals surface area (Å²) in [6.07, 6.45) is 4.48. The third-order valence-corrected chi connectivity index (χ3v) is 3.62. The maximum absolute atomic E-state index is 5.39. The molecule has 6 nitrogen and oxygen atoms in total. The summed E-state index contributed by atoms with van der Waals surface area (Å²) in [7, 11) is 0. The Hall–Kier alpha value is -2.47. The van der Waals surface area contributed by atoms with Gasteiger partial charge in [-0.3, -0.25) is 0 Å². The van der Waals surface area contributed by atoms with Crippen LogP contribution in [0.15, 0.2) is 41.2 Å². The Morgan fingerprint density at radius 2 is 2.19 bits per heavy atom. The molecule has 21 heavy (non-hydrogen) atoms. The Kier molecular flexibility index (Phi) is 3.01. The number of hydrogen-bond acceptors (Lipinski definition) is 5. The van der Waals surface area contributed by atoms with E-state index in [1.807, 2.05) is 24.3 Å². The average molecular weight is 282 g/mol. The molecule has 0 bridgehead atoms. The number of ether oxygens (including phenoxy) is 1. The third-order valence-electron chi connectivity index (χ3n) is 3.62. The zero-order valence-electron chi connectivity index (χ0n) is 11.3. The first-order chi connectivity index (χ1) is 10.4. The maximum Gasteiger partial charge on any atom is 0.257 e. The average Bonchev–Trinajstić information content (AvgIpc) is 3.26. The van der Waals surface area contributed by atoms with Gasteiger partial charge in [-0.15, -0.1) is 0 Å². The lowest BCUT2D eigenvalue weighted by Gasteiger charge is -1.99. The largest absolute Gasteiger partial charge is 0.381 e. The van der Waals surface area contributed by atoms with Crippen molar-refractivity contribution in [3.63, 3.8) is 0 Å². The molecular formula is C15H14N4O2. The van der Waals surface area contributed by atoms with Crippen LogP contribution in [-0.4, -0.2) is 33.3 Å². The van der Waals surface area contributed by atoms with Crippen LogP contribution in [0.1, 0.15) is 18.2 Å². The van der Waals surface area contributed by atoms with Gasteiger partial charge in [-0.05, 0) is 18.6 Å². The third kappa shape index (κ3) is 2.34. The molecule has 2 aromatic heterocycles. The van der Waals surface area contributed by atoms with Gasteiger partial charge in [0.05, 0.1) is 6.61 Å². The van der Waals surface area contributed by atoms with Gasteiger partial charge in [-0.1, -0.05) is 17.3 Å². The van der Waals surface area contributed by atoms with Crippen LogP contribution in [0.2, 0.25) is 0 Å². The summed E-state index contributed by atoms with van der Waals surface area (Å²) >= 11 is 0. The van der Waals surface area contributed by atoms with Gasteiger partial charge in [0.25, 0.3) is 5.89 Å². The van der Waals surface area contributed by atoms with Gasteiger partial charge in [0.15, 0.2) is 5.82 Å². The van der Waals surface area contributed by atoms with Crippen molar-refractivity contribution in [3.05, 3.63) is 42.5 Å². The highest BCUT2D eigenvalue weighted by Crippen LogP contribution is 2.27. The zero-order chi connectivity index (χ0) is 14.1. The number of nitrogens with one attached hydrogen (secondary N) is 1. The number of H-pyrrole nitrogens is 1. The Bertz CT molecular complexity index is 730. The number of rotatable bonds is 3. The lowest BCUT2D eigenvalue weighted by Crippen LogP contribution is -1.99. The first-order valence-electron chi connectivity index (χ1n) is 6.92. The fourth-order valence-electron chi connectivity index (χ4n) is 2.48. The molecule has 1 N–H and O–H groups in total. The van der Waals surface area contributed by atoms with Crippen LogP contribution in [0.4, 0.5) is 0 Å². The SMILES string of the molecule is c1cc(-c2ncc[nH]2)cc(-c2nc([C@H]3CCOC3)no2)c1. The normalized spacial score (nSPS) is 18.2. The molecule has 6 heteroatoms. The molecule has 4 rings (SSSR count). The van der Waals surface area contributed by atoms with E-state index in [0.29, 0.717) is 12.5 Å². The van der Waals surface area contributed by atoms with Crippen molar-refractivity contribution in [1.29, 1.82) is 0 Å². The van der Waals surface area contributed by atoms with E-state index in [9.17, 15) is 0 Å². The smallest absolute Gasteiger partial charge is 0.257 e. The minimum Gasteiger partial charge on any atom is -0.381 e. The summed E-state index contributed by atoms with van der Waals surface area (Å²) in [6.45, 7) is 1.44. The summed E-state index contributed by atoms with van der Waals surface area (Å²) in [5.74, 6) is 2.33. The van der Waals surface area contributed by atoms with Crippen LogP contribution in [-0.2, 0) is 4.74 Å². The molecule has 3 aromatic rings. The van der Waals surface area contributed by atoms with Gasteiger partial charge < -0.3 is 14.2 Å². The molecule has 0 aliphatic carbocycles. The van der Waals surface area contributed by atoms with Crippen molar-refractivity contribution in [1.82, 2.24) is 20.1 Å². The molecule has 0 amide bonds. The highest BCUT2D eigenvalue weighted by molar-refractivity contribution is 5.65. The summed E-state index contributed by atoms with van der Waals surface area (Å²) < 4.78 is 10.7. The number of nitrogens with zero attached hydrogens (tertiary/aromatic N) is 3. The predicted octanol–water partition coefficient (Wildman–Crippen LogP) is 2.63. The van der Waals surface area contributed by atoms with Crippen LogP contribution >= 0.6 is 0 Å². The summed E-state index contributed by atoms with van der Waals surface area (Å²) in [4.78, 5) is 11.8. The van der Waals surface area contributed by atoms with Crippen LogP contribution in [0.5, 0.6) is 0 Å². The molecule has 0 spiro atoms. The van der Waals surface area contributed by atoms with Crippen LogP contribution in [0.25, 0.3) is 22.8 Å². The zero-order valence-corrected chi connectivity index (χ0v) is 11.3. The van der Waals surface area contributed by atoms with Crippen molar-refractivity contribution in [3.8, 4) is 22.8 Å². The molecule has 1 fully saturated rings. The van der Waals surface area contributed by atoms with Crippen molar-refractivity contribution in [2.75, 3.05) is 13.2 Å². The Balaban J connectivity index is 1.65. The molecule has 0 saturated carbocycles. The molecule has 1 aromatic carbocycles. The number of hydrogen-bond donors (Lipinski definition) is 1.